The van der Waals surface area contributed by atoms with Gasteiger partial charge in [0.05, 0.1) is 17.2 Å². The zero-order valence-electron chi connectivity index (χ0n) is 10.1. The van der Waals surface area contributed by atoms with Gasteiger partial charge in [-0.15, -0.1) is 0 Å². The molecular weight excluding hydrogens is 244 g/mol. The first-order chi connectivity index (χ1) is 9.10. The van der Waals surface area contributed by atoms with Gasteiger partial charge in [0.15, 0.2) is 0 Å². The minimum atomic E-state index is -1.04. The first-order valence-electron chi connectivity index (χ1n) is 5.48. The number of aromatic carboxylic acids is 1. The molecule has 19 heavy (non-hydrogen) atoms. The summed E-state index contributed by atoms with van der Waals surface area (Å²) >= 11 is 0. The Hall–Kier alpha value is -2.87. The van der Waals surface area contributed by atoms with Crippen LogP contribution in [0.3, 0.4) is 0 Å². The van der Waals surface area contributed by atoms with Gasteiger partial charge in [0.2, 0.25) is 5.88 Å². The van der Waals surface area contributed by atoms with E-state index in [1.807, 2.05) is 13.0 Å². The smallest absolute Gasteiger partial charge is 0.337 e. The Labute approximate surface area is 109 Å². The summed E-state index contributed by atoms with van der Waals surface area (Å²) < 4.78 is 5.53. The molecular formula is C14H10N2O3. The summed E-state index contributed by atoms with van der Waals surface area (Å²) in [5.41, 5.74) is 1.45. The molecule has 2 aromatic rings. The molecule has 0 saturated heterocycles. The molecule has 0 saturated carbocycles. The lowest BCUT2D eigenvalue weighted by Crippen LogP contribution is -1.98. The molecule has 1 N–H and O–H groups in total. The number of aryl methyl sites for hydroxylation is 1. The largest absolute Gasteiger partial charge is 0.478 e. The number of benzene rings is 1. The summed E-state index contributed by atoms with van der Waals surface area (Å²) in [7, 11) is 0. The van der Waals surface area contributed by atoms with Crippen LogP contribution in [0.4, 0.5) is 0 Å². The highest BCUT2D eigenvalue weighted by Crippen LogP contribution is 2.24. The van der Waals surface area contributed by atoms with E-state index in [1.54, 1.807) is 18.2 Å². The Morgan fingerprint density at radius 3 is 2.74 bits per heavy atom. The average Bonchev–Trinajstić information content (AvgIpc) is 2.42. The third-order valence-corrected chi connectivity index (χ3v) is 2.52. The molecule has 0 fully saturated rings. The van der Waals surface area contributed by atoms with Gasteiger partial charge in [0.1, 0.15) is 5.75 Å². The Balaban J connectivity index is 2.26. The zero-order valence-corrected chi connectivity index (χ0v) is 10.1. The van der Waals surface area contributed by atoms with E-state index in [9.17, 15) is 4.79 Å². The van der Waals surface area contributed by atoms with E-state index in [1.165, 1.54) is 18.3 Å². The average molecular weight is 254 g/mol. The van der Waals surface area contributed by atoms with Gasteiger partial charge >= 0.3 is 5.97 Å². The van der Waals surface area contributed by atoms with Gasteiger partial charge in [-0.1, -0.05) is 6.07 Å². The normalized spacial score (nSPS) is 9.68. The van der Waals surface area contributed by atoms with E-state index < -0.39 is 5.97 Å². The second kappa shape index (κ2) is 5.19. The molecule has 0 spiro atoms. The molecule has 0 atom stereocenters. The van der Waals surface area contributed by atoms with Crippen LogP contribution >= 0.6 is 0 Å². The van der Waals surface area contributed by atoms with E-state index in [0.29, 0.717) is 11.3 Å². The number of carbonyl (C=O) groups is 1. The van der Waals surface area contributed by atoms with Crippen LogP contribution in [0.2, 0.25) is 0 Å². The number of pyridine rings is 1. The van der Waals surface area contributed by atoms with Crippen LogP contribution in [0.15, 0.2) is 36.5 Å². The highest BCUT2D eigenvalue weighted by molar-refractivity contribution is 5.87. The van der Waals surface area contributed by atoms with Crippen molar-refractivity contribution in [3.8, 4) is 17.7 Å². The number of ether oxygens (including phenoxy) is 1. The van der Waals surface area contributed by atoms with Gasteiger partial charge in [-0.3, -0.25) is 0 Å². The van der Waals surface area contributed by atoms with E-state index in [-0.39, 0.29) is 11.4 Å². The predicted octanol–water partition coefficient (Wildman–Crippen LogP) is 2.75. The van der Waals surface area contributed by atoms with Crippen LogP contribution in [0.25, 0.3) is 0 Å². The lowest BCUT2D eigenvalue weighted by Gasteiger charge is -2.08. The van der Waals surface area contributed by atoms with Crippen LogP contribution in [0.5, 0.6) is 11.6 Å². The van der Waals surface area contributed by atoms with Gasteiger partial charge in [-0.05, 0) is 30.7 Å². The molecule has 1 aromatic carbocycles. The van der Waals surface area contributed by atoms with Crippen molar-refractivity contribution in [3.05, 3.63) is 53.2 Å². The van der Waals surface area contributed by atoms with Crippen LogP contribution in [-0.2, 0) is 0 Å². The molecule has 0 amide bonds. The lowest BCUT2D eigenvalue weighted by atomic mass is 10.1. The van der Waals surface area contributed by atoms with Gasteiger partial charge in [-0.2, -0.15) is 5.26 Å². The van der Waals surface area contributed by atoms with Crippen LogP contribution in [-0.4, -0.2) is 16.1 Å². The quantitative estimate of drug-likeness (QED) is 0.910. The summed E-state index contributed by atoms with van der Waals surface area (Å²) in [5, 5.41) is 17.6. The predicted molar refractivity (Wildman–Crippen MR) is 67.2 cm³/mol. The van der Waals surface area contributed by atoms with Gasteiger partial charge in [-0.25, -0.2) is 9.78 Å². The first-order valence-corrected chi connectivity index (χ1v) is 5.48. The van der Waals surface area contributed by atoms with Crippen molar-refractivity contribution in [2.75, 3.05) is 0 Å². The third-order valence-electron chi connectivity index (χ3n) is 2.52. The molecule has 0 bridgehead atoms. The van der Waals surface area contributed by atoms with Gasteiger partial charge in [0.25, 0.3) is 0 Å². The molecule has 1 heterocycles. The number of hydrogen-bond acceptors (Lipinski definition) is 4. The van der Waals surface area contributed by atoms with Crippen LogP contribution in [0, 0.1) is 18.3 Å². The van der Waals surface area contributed by atoms with E-state index in [4.69, 9.17) is 15.1 Å². The maximum absolute atomic E-state index is 10.7. The summed E-state index contributed by atoms with van der Waals surface area (Å²) in [4.78, 5) is 14.6. The van der Waals surface area contributed by atoms with Gasteiger partial charge in [0, 0.05) is 12.3 Å². The Morgan fingerprint density at radius 1 is 1.37 bits per heavy atom. The van der Waals surface area contributed by atoms with Crippen molar-refractivity contribution in [2.45, 2.75) is 6.92 Å². The van der Waals surface area contributed by atoms with E-state index in [0.717, 1.165) is 5.56 Å². The van der Waals surface area contributed by atoms with E-state index >= 15 is 0 Å². The summed E-state index contributed by atoms with van der Waals surface area (Å²) in [6.45, 7) is 1.85. The molecule has 0 aliphatic carbocycles. The monoisotopic (exact) mass is 254 g/mol. The number of carboxylic acid groups (broad SMARTS) is 1. The molecule has 2 rings (SSSR count). The maximum atomic E-state index is 10.7. The number of nitrogens with zero attached hydrogens (tertiary/aromatic N) is 2. The fourth-order valence-corrected chi connectivity index (χ4v) is 1.46. The van der Waals surface area contributed by atoms with Crippen LogP contribution in [0.1, 0.15) is 21.5 Å². The van der Waals surface area contributed by atoms with Gasteiger partial charge < -0.3 is 9.84 Å². The molecule has 5 heteroatoms. The highest BCUT2D eigenvalue weighted by atomic mass is 16.5. The van der Waals surface area contributed by atoms with Crippen molar-refractivity contribution in [3.63, 3.8) is 0 Å². The second-order valence-electron chi connectivity index (χ2n) is 3.88. The van der Waals surface area contributed by atoms with Crippen molar-refractivity contribution >= 4 is 5.97 Å². The molecule has 0 radical (unpaired) electrons. The standard InChI is InChI=1S/C14H10N2O3/c1-9-2-3-10(7-15)6-12(9)19-13-5-4-11(8-16-13)14(17)18/h2-6,8H,1H3,(H,17,18). The number of hydrogen-bond donors (Lipinski definition) is 1. The number of nitriles is 1. The molecule has 0 unspecified atom stereocenters. The summed E-state index contributed by atoms with van der Waals surface area (Å²) in [5.74, 6) is -0.237. The lowest BCUT2D eigenvalue weighted by molar-refractivity contribution is 0.0696. The fourth-order valence-electron chi connectivity index (χ4n) is 1.46. The van der Waals surface area contributed by atoms with Crippen molar-refractivity contribution in [1.29, 1.82) is 5.26 Å². The number of rotatable bonds is 3. The van der Waals surface area contributed by atoms with E-state index in [2.05, 4.69) is 4.98 Å². The number of aromatic nitrogens is 1. The minimum Gasteiger partial charge on any atom is -0.478 e. The maximum Gasteiger partial charge on any atom is 0.337 e. The number of carboxylic acids is 1. The fraction of sp³-hybridized carbons (Fsp3) is 0.0714. The molecule has 5 nitrogen and oxygen atoms in total. The second-order valence-corrected chi connectivity index (χ2v) is 3.88. The summed E-state index contributed by atoms with van der Waals surface area (Å²) in [6.07, 6.45) is 1.22. The zero-order chi connectivity index (χ0) is 13.8. The molecule has 0 aliphatic rings. The SMILES string of the molecule is Cc1ccc(C#N)cc1Oc1ccc(C(=O)O)cn1. The Morgan fingerprint density at radius 2 is 2.16 bits per heavy atom. The minimum absolute atomic E-state index is 0.0925. The molecule has 1 aromatic heterocycles. The highest BCUT2D eigenvalue weighted by Gasteiger charge is 2.06. The van der Waals surface area contributed by atoms with Crippen LogP contribution < -0.4 is 4.74 Å². The molecule has 94 valence electrons. The van der Waals surface area contributed by atoms with Crippen molar-refractivity contribution in [1.82, 2.24) is 4.98 Å². The third kappa shape index (κ3) is 2.87. The van der Waals surface area contributed by atoms with Crippen molar-refractivity contribution < 1.29 is 14.6 Å². The van der Waals surface area contributed by atoms with Crippen molar-refractivity contribution in [2.24, 2.45) is 0 Å². The first kappa shape index (κ1) is 12.6. The Bertz CT molecular complexity index is 657. The topological polar surface area (TPSA) is 83.2 Å². The Kier molecular flexibility index (Phi) is 3.44. The molecule has 0 aliphatic heterocycles. The summed E-state index contributed by atoms with van der Waals surface area (Å²) in [6, 6.07) is 10.00.